The molecule has 0 spiro atoms. The standard InChI is InChI=1S/C25H27N3O4S/c1-3-28(22-12-8-5-9-13-22)33(31,32)23-18-21(15-14-19(23)2)25(30)27-17-16-26-24(29)20-10-6-4-7-11-20/h4-15,18H,3,16-17H2,1-2H3,(H,26,29)(H,27,30). The fourth-order valence-electron chi connectivity index (χ4n) is 3.37. The number of hydrogen-bond donors (Lipinski definition) is 2. The van der Waals surface area contributed by atoms with E-state index < -0.39 is 15.9 Å². The van der Waals surface area contributed by atoms with Crippen LogP contribution in [0.5, 0.6) is 0 Å². The average molecular weight is 466 g/mol. The van der Waals surface area contributed by atoms with Crippen LogP contribution in [0.25, 0.3) is 0 Å². The summed E-state index contributed by atoms with van der Waals surface area (Å²) in [5, 5.41) is 5.45. The lowest BCUT2D eigenvalue weighted by atomic mass is 10.1. The summed E-state index contributed by atoms with van der Waals surface area (Å²) in [6.07, 6.45) is 0. The fourth-order valence-corrected chi connectivity index (χ4v) is 5.10. The molecule has 0 aliphatic carbocycles. The van der Waals surface area contributed by atoms with E-state index in [-0.39, 0.29) is 36.0 Å². The van der Waals surface area contributed by atoms with Crippen LogP contribution >= 0.6 is 0 Å². The van der Waals surface area contributed by atoms with Crippen LogP contribution in [0.1, 0.15) is 33.2 Å². The normalized spacial score (nSPS) is 11.0. The Bertz CT molecular complexity index is 1210. The van der Waals surface area contributed by atoms with Crippen LogP contribution < -0.4 is 14.9 Å². The number of hydrogen-bond acceptors (Lipinski definition) is 4. The highest BCUT2D eigenvalue weighted by atomic mass is 32.2. The second-order valence-corrected chi connectivity index (χ2v) is 9.19. The highest BCUT2D eigenvalue weighted by Crippen LogP contribution is 2.26. The largest absolute Gasteiger partial charge is 0.350 e. The first-order valence-corrected chi connectivity index (χ1v) is 12.1. The molecule has 7 nitrogen and oxygen atoms in total. The molecule has 33 heavy (non-hydrogen) atoms. The third-order valence-electron chi connectivity index (χ3n) is 5.08. The van der Waals surface area contributed by atoms with Crippen molar-refractivity contribution in [2.45, 2.75) is 18.7 Å². The maximum absolute atomic E-state index is 13.4. The Labute approximate surface area is 194 Å². The topological polar surface area (TPSA) is 95.6 Å². The van der Waals surface area contributed by atoms with Gasteiger partial charge in [0.2, 0.25) is 0 Å². The number of amides is 2. The van der Waals surface area contributed by atoms with E-state index in [1.807, 2.05) is 12.1 Å². The van der Waals surface area contributed by atoms with Crippen LogP contribution in [-0.2, 0) is 10.0 Å². The molecule has 0 heterocycles. The van der Waals surface area contributed by atoms with Crippen LogP contribution in [0.15, 0.2) is 83.8 Å². The minimum absolute atomic E-state index is 0.0817. The zero-order chi connectivity index (χ0) is 23.8. The van der Waals surface area contributed by atoms with Crippen molar-refractivity contribution in [1.29, 1.82) is 0 Å². The van der Waals surface area contributed by atoms with E-state index in [9.17, 15) is 18.0 Å². The van der Waals surface area contributed by atoms with Crippen molar-refractivity contribution in [2.75, 3.05) is 23.9 Å². The van der Waals surface area contributed by atoms with Gasteiger partial charge in [0.05, 0.1) is 10.6 Å². The van der Waals surface area contributed by atoms with Crippen molar-refractivity contribution >= 4 is 27.5 Å². The molecule has 8 heteroatoms. The Morgan fingerprint density at radius 2 is 1.33 bits per heavy atom. The summed E-state index contributed by atoms with van der Waals surface area (Å²) in [4.78, 5) is 24.8. The summed E-state index contributed by atoms with van der Waals surface area (Å²) in [6, 6.07) is 22.2. The molecule has 0 aliphatic rings. The summed E-state index contributed by atoms with van der Waals surface area (Å²) in [5.74, 6) is -0.641. The molecule has 0 saturated carbocycles. The first kappa shape index (κ1) is 24.0. The van der Waals surface area contributed by atoms with Crippen molar-refractivity contribution in [3.8, 4) is 0 Å². The van der Waals surface area contributed by atoms with Gasteiger partial charge in [0.15, 0.2) is 0 Å². The molecule has 0 radical (unpaired) electrons. The molecular formula is C25H27N3O4S. The summed E-state index contributed by atoms with van der Waals surface area (Å²) >= 11 is 0. The van der Waals surface area contributed by atoms with Gasteiger partial charge in [-0.3, -0.25) is 13.9 Å². The minimum Gasteiger partial charge on any atom is -0.350 e. The van der Waals surface area contributed by atoms with Crippen molar-refractivity contribution < 1.29 is 18.0 Å². The first-order valence-electron chi connectivity index (χ1n) is 10.6. The van der Waals surface area contributed by atoms with Gasteiger partial charge in [-0.1, -0.05) is 42.5 Å². The molecule has 3 rings (SSSR count). The van der Waals surface area contributed by atoms with Gasteiger partial charge in [0.1, 0.15) is 0 Å². The van der Waals surface area contributed by atoms with Gasteiger partial charge in [0.25, 0.3) is 21.8 Å². The van der Waals surface area contributed by atoms with Crippen LogP contribution in [0.4, 0.5) is 5.69 Å². The Kier molecular flexibility index (Phi) is 7.84. The summed E-state index contributed by atoms with van der Waals surface area (Å²) in [7, 11) is -3.86. The number of carbonyl (C=O) groups excluding carboxylic acids is 2. The summed E-state index contributed by atoms with van der Waals surface area (Å²) in [6.45, 7) is 4.17. The molecule has 0 aromatic heterocycles. The third-order valence-corrected chi connectivity index (χ3v) is 7.13. The zero-order valence-electron chi connectivity index (χ0n) is 18.6. The second kappa shape index (κ2) is 10.8. The van der Waals surface area contributed by atoms with Gasteiger partial charge in [-0.05, 0) is 55.8 Å². The quantitative estimate of drug-likeness (QED) is 0.474. The smallest absolute Gasteiger partial charge is 0.264 e. The predicted molar refractivity (Wildman–Crippen MR) is 129 cm³/mol. The molecule has 0 bridgehead atoms. The van der Waals surface area contributed by atoms with E-state index in [0.717, 1.165) is 0 Å². The number of aryl methyl sites for hydroxylation is 1. The fraction of sp³-hybridized carbons (Fsp3) is 0.200. The van der Waals surface area contributed by atoms with E-state index in [4.69, 9.17) is 0 Å². The Hall–Kier alpha value is -3.65. The van der Waals surface area contributed by atoms with Gasteiger partial charge in [-0.25, -0.2) is 8.42 Å². The predicted octanol–water partition coefficient (Wildman–Crippen LogP) is 3.37. The monoisotopic (exact) mass is 465 g/mol. The molecule has 3 aromatic rings. The first-order chi connectivity index (χ1) is 15.8. The molecule has 0 atom stereocenters. The van der Waals surface area contributed by atoms with Crippen LogP contribution in [0, 0.1) is 6.92 Å². The number of nitrogens with zero attached hydrogens (tertiary/aromatic N) is 1. The molecular weight excluding hydrogens is 438 g/mol. The number of nitrogens with one attached hydrogen (secondary N) is 2. The highest BCUT2D eigenvalue weighted by molar-refractivity contribution is 7.92. The van der Waals surface area contributed by atoms with Crippen LogP contribution in [-0.4, -0.2) is 39.9 Å². The Balaban J connectivity index is 1.69. The van der Waals surface area contributed by atoms with Crippen molar-refractivity contribution in [3.05, 3.63) is 95.6 Å². The number of anilines is 1. The van der Waals surface area contributed by atoms with E-state index in [0.29, 0.717) is 16.8 Å². The molecule has 0 unspecified atom stereocenters. The lowest BCUT2D eigenvalue weighted by Gasteiger charge is -2.24. The maximum atomic E-state index is 13.4. The molecule has 0 aliphatic heterocycles. The van der Waals surface area contributed by atoms with Crippen molar-refractivity contribution in [2.24, 2.45) is 0 Å². The number of para-hydroxylation sites is 1. The maximum Gasteiger partial charge on any atom is 0.264 e. The number of rotatable bonds is 9. The lowest BCUT2D eigenvalue weighted by molar-refractivity contribution is 0.0927. The highest BCUT2D eigenvalue weighted by Gasteiger charge is 2.26. The molecule has 3 aromatic carbocycles. The van der Waals surface area contributed by atoms with Gasteiger partial charge < -0.3 is 10.6 Å². The summed E-state index contributed by atoms with van der Waals surface area (Å²) in [5.41, 5.74) is 1.88. The van der Waals surface area contributed by atoms with Gasteiger partial charge in [-0.15, -0.1) is 0 Å². The van der Waals surface area contributed by atoms with E-state index in [1.54, 1.807) is 74.5 Å². The summed E-state index contributed by atoms with van der Waals surface area (Å²) < 4.78 is 28.1. The third kappa shape index (κ3) is 5.78. The Morgan fingerprint density at radius 1 is 0.788 bits per heavy atom. The Morgan fingerprint density at radius 3 is 1.91 bits per heavy atom. The second-order valence-electron chi connectivity index (χ2n) is 7.36. The molecule has 2 N–H and O–H groups in total. The lowest BCUT2D eigenvalue weighted by Crippen LogP contribution is -2.35. The van der Waals surface area contributed by atoms with E-state index in [2.05, 4.69) is 10.6 Å². The molecule has 0 fully saturated rings. The molecule has 0 saturated heterocycles. The zero-order valence-corrected chi connectivity index (χ0v) is 19.4. The number of carbonyl (C=O) groups is 2. The number of sulfonamides is 1. The minimum atomic E-state index is -3.86. The van der Waals surface area contributed by atoms with Crippen LogP contribution in [0.2, 0.25) is 0 Å². The average Bonchev–Trinajstić information content (AvgIpc) is 2.83. The van der Waals surface area contributed by atoms with Gasteiger partial charge in [-0.2, -0.15) is 0 Å². The van der Waals surface area contributed by atoms with Crippen LogP contribution in [0.3, 0.4) is 0 Å². The van der Waals surface area contributed by atoms with Crippen molar-refractivity contribution in [1.82, 2.24) is 10.6 Å². The SMILES string of the molecule is CCN(c1ccccc1)S(=O)(=O)c1cc(C(=O)NCCNC(=O)c2ccccc2)ccc1C. The van der Waals surface area contributed by atoms with Gasteiger partial charge in [0, 0.05) is 30.8 Å². The number of benzene rings is 3. The van der Waals surface area contributed by atoms with Gasteiger partial charge >= 0.3 is 0 Å². The molecule has 172 valence electrons. The van der Waals surface area contributed by atoms with E-state index in [1.165, 1.54) is 10.4 Å². The van der Waals surface area contributed by atoms with Crippen molar-refractivity contribution in [3.63, 3.8) is 0 Å². The molecule has 2 amide bonds. The van der Waals surface area contributed by atoms with E-state index >= 15 is 0 Å².